The topological polar surface area (TPSA) is 55.7 Å². The maximum Gasteiger partial charge on any atom is 0.192 e. The van der Waals surface area contributed by atoms with Gasteiger partial charge in [0.15, 0.2) is 14.1 Å². The van der Waals surface area contributed by atoms with Crippen molar-refractivity contribution >= 4 is 23.8 Å². The first-order valence-corrected chi connectivity index (χ1v) is 16.8. The van der Waals surface area contributed by atoms with Crippen molar-refractivity contribution in [1.29, 1.82) is 0 Å². The molecule has 0 aromatic heterocycles. The van der Waals surface area contributed by atoms with Gasteiger partial charge in [0, 0.05) is 19.4 Å². The molecule has 4 nitrogen and oxygen atoms in total. The molecule has 0 spiro atoms. The molecule has 0 heterocycles. The van der Waals surface area contributed by atoms with Gasteiger partial charge in [-0.1, -0.05) is 78.8 Å². The van der Waals surface area contributed by atoms with Crippen LogP contribution in [0.4, 0.5) is 0 Å². The molecule has 1 rings (SSSR count). The number of nitrogens with zero attached hydrogens (tertiary/aromatic N) is 1. The summed E-state index contributed by atoms with van der Waals surface area (Å²) in [4.78, 5) is 14.4. The Kier molecular flexibility index (Phi) is 12.7. The highest BCUT2D eigenvalue weighted by atomic mass is 32.2. The van der Waals surface area contributed by atoms with E-state index in [1.54, 1.807) is 25.3 Å². The number of carbonyl (C=O) groups excluding carboxylic acids is 1. The summed E-state index contributed by atoms with van der Waals surface area (Å²) < 4.78 is 25.7. The van der Waals surface area contributed by atoms with E-state index in [-0.39, 0.29) is 36.1 Å². The summed E-state index contributed by atoms with van der Waals surface area (Å²) in [6, 6.07) is 12.4. The van der Waals surface area contributed by atoms with Crippen molar-refractivity contribution in [2.24, 2.45) is 22.1 Å². The Labute approximate surface area is 210 Å². The number of hydrogen-bond donors (Lipinski definition) is 0. The van der Waals surface area contributed by atoms with Crippen molar-refractivity contribution in [3.63, 3.8) is 0 Å². The van der Waals surface area contributed by atoms with Crippen molar-refractivity contribution in [3.05, 3.63) is 54.0 Å². The molecule has 0 saturated carbocycles. The third-order valence-electron chi connectivity index (χ3n) is 6.94. The Balaban J connectivity index is 3.77. The lowest BCUT2D eigenvalue weighted by molar-refractivity contribution is -0.114. The third kappa shape index (κ3) is 7.50. The number of ketones is 1. The van der Waals surface area contributed by atoms with Gasteiger partial charge in [0.2, 0.25) is 0 Å². The fourth-order valence-corrected chi connectivity index (χ4v) is 9.37. The molecule has 0 aliphatic carbocycles. The van der Waals surface area contributed by atoms with Crippen LogP contribution in [-0.4, -0.2) is 31.5 Å². The van der Waals surface area contributed by atoms with E-state index < -0.39 is 18.0 Å². The molecule has 0 aliphatic rings. The average molecular weight is 506 g/mol. The van der Waals surface area contributed by atoms with Crippen LogP contribution in [0, 0.1) is 17.8 Å². The highest BCUT2D eigenvalue weighted by Crippen LogP contribution is 2.35. The Morgan fingerprint density at radius 3 is 2.03 bits per heavy atom. The number of Topliss-reactive ketones (excluding diaryl/α,β-unsaturated/α-hetero) is 1. The highest BCUT2D eigenvalue weighted by Gasteiger charge is 2.38. The third-order valence-corrected chi connectivity index (χ3v) is 14.0. The number of carbonyl (C=O) groups is 1. The van der Waals surface area contributed by atoms with Crippen LogP contribution in [0.3, 0.4) is 0 Å². The maximum absolute atomic E-state index is 14.4. The summed E-state index contributed by atoms with van der Waals surface area (Å²) in [5, 5.41) is 0. The van der Waals surface area contributed by atoms with Crippen LogP contribution in [0.15, 0.2) is 63.2 Å². The molecule has 0 unspecified atom stereocenters. The minimum absolute atomic E-state index is 0.0505. The van der Waals surface area contributed by atoms with Crippen LogP contribution >= 0.6 is 0 Å². The molecule has 0 N–H and O–H groups in total. The Morgan fingerprint density at radius 2 is 1.62 bits per heavy atom. The molecule has 34 heavy (non-hydrogen) atoms. The molecule has 3 atom stereocenters. The fourth-order valence-electron chi connectivity index (χ4n) is 4.42. The summed E-state index contributed by atoms with van der Waals surface area (Å²) in [6.45, 7) is 19.2. The van der Waals surface area contributed by atoms with E-state index in [0.29, 0.717) is 16.2 Å². The first-order chi connectivity index (χ1) is 16.1. The van der Waals surface area contributed by atoms with Crippen LogP contribution in [0.25, 0.3) is 0 Å². The van der Waals surface area contributed by atoms with Crippen molar-refractivity contribution in [2.75, 3.05) is 7.05 Å². The van der Waals surface area contributed by atoms with Gasteiger partial charge in [0.1, 0.15) is 9.73 Å². The van der Waals surface area contributed by atoms with Crippen molar-refractivity contribution in [1.82, 2.24) is 0 Å². The van der Waals surface area contributed by atoms with Crippen molar-refractivity contribution in [2.45, 2.75) is 90.4 Å². The maximum atomic E-state index is 14.4. The lowest BCUT2D eigenvalue weighted by Gasteiger charge is -2.40. The second kappa shape index (κ2) is 14.2. The Morgan fingerprint density at radius 1 is 1.06 bits per heavy atom. The summed E-state index contributed by atoms with van der Waals surface area (Å²) in [6.07, 6.45) is 4.45. The van der Waals surface area contributed by atoms with Crippen LogP contribution in [0.5, 0.6) is 0 Å². The zero-order chi connectivity index (χ0) is 25.9. The van der Waals surface area contributed by atoms with Gasteiger partial charge >= 0.3 is 0 Å². The lowest BCUT2D eigenvalue weighted by Crippen LogP contribution is -2.45. The minimum Gasteiger partial charge on any atom is -0.413 e. The standard InChI is InChI=1S/C28H47NO3SSi/c1-10-14-20-26(30)27(33(31,29-9)24-18-16-15-17-19-24)21-25(22(5)6)28(23(7)8)32-34(11-2,12-3)13-4/h10,15-19,21-23,25,28H,1,11-14,20H2,2-9H3/b27-21+/t25-,28-,33+/m0/s1. The summed E-state index contributed by atoms with van der Waals surface area (Å²) >= 11 is 0. The zero-order valence-electron chi connectivity index (χ0n) is 22.7. The zero-order valence-corrected chi connectivity index (χ0v) is 24.5. The van der Waals surface area contributed by atoms with Gasteiger partial charge in [0.25, 0.3) is 0 Å². The van der Waals surface area contributed by atoms with Gasteiger partial charge in [-0.2, -0.15) is 0 Å². The average Bonchev–Trinajstić information content (AvgIpc) is 2.84. The molecule has 0 bridgehead atoms. The molecule has 0 saturated heterocycles. The summed E-state index contributed by atoms with van der Waals surface area (Å²) in [5.41, 5.74) is 0. The van der Waals surface area contributed by atoms with Gasteiger partial charge < -0.3 is 4.43 Å². The van der Waals surface area contributed by atoms with Crippen molar-refractivity contribution in [3.8, 4) is 0 Å². The van der Waals surface area contributed by atoms with Gasteiger partial charge in [-0.05, 0) is 48.5 Å². The van der Waals surface area contributed by atoms with Crippen LogP contribution in [-0.2, 0) is 18.9 Å². The predicted octanol–water partition coefficient (Wildman–Crippen LogP) is 7.88. The Bertz CT molecular complexity index is 918. The first-order valence-electron chi connectivity index (χ1n) is 12.8. The van der Waals surface area contributed by atoms with E-state index in [9.17, 15) is 9.00 Å². The van der Waals surface area contributed by atoms with E-state index in [0.717, 1.165) is 18.1 Å². The Hall–Kier alpha value is -1.50. The predicted molar refractivity (Wildman–Crippen MR) is 149 cm³/mol. The summed E-state index contributed by atoms with van der Waals surface area (Å²) in [7, 11) is -3.41. The number of rotatable bonds is 15. The molecular formula is C28H47NO3SSi. The van der Waals surface area contributed by atoms with E-state index in [1.807, 2.05) is 24.3 Å². The quantitative estimate of drug-likeness (QED) is 0.138. The van der Waals surface area contributed by atoms with Crippen LogP contribution < -0.4 is 0 Å². The van der Waals surface area contributed by atoms with E-state index in [2.05, 4.69) is 59.4 Å². The smallest absolute Gasteiger partial charge is 0.192 e. The van der Waals surface area contributed by atoms with Gasteiger partial charge in [-0.25, -0.2) is 8.57 Å². The van der Waals surface area contributed by atoms with E-state index in [4.69, 9.17) is 4.43 Å². The van der Waals surface area contributed by atoms with Gasteiger partial charge in [-0.3, -0.25) is 4.79 Å². The minimum atomic E-state index is -3.07. The molecule has 6 heteroatoms. The second-order valence-corrected chi connectivity index (χ2v) is 16.7. The van der Waals surface area contributed by atoms with Crippen LogP contribution in [0.1, 0.15) is 61.3 Å². The molecular weight excluding hydrogens is 458 g/mol. The normalized spacial score (nSPS) is 16.2. The fraction of sp³-hybridized carbons (Fsp3) is 0.607. The number of hydrogen-bond acceptors (Lipinski definition) is 4. The monoisotopic (exact) mass is 505 g/mol. The largest absolute Gasteiger partial charge is 0.413 e. The highest BCUT2D eigenvalue weighted by molar-refractivity contribution is 7.98. The van der Waals surface area contributed by atoms with E-state index >= 15 is 0 Å². The van der Waals surface area contributed by atoms with Gasteiger partial charge in [-0.15, -0.1) is 6.58 Å². The lowest BCUT2D eigenvalue weighted by atomic mass is 9.84. The summed E-state index contributed by atoms with van der Waals surface area (Å²) in [5.74, 6) is 0.294. The molecule has 1 aromatic carbocycles. The van der Waals surface area contributed by atoms with E-state index in [1.165, 1.54) is 0 Å². The second-order valence-electron chi connectivity index (χ2n) is 9.69. The van der Waals surface area contributed by atoms with Crippen molar-refractivity contribution < 1.29 is 13.4 Å². The van der Waals surface area contributed by atoms with Crippen LogP contribution in [0.2, 0.25) is 18.1 Å². The first kappa shape index (κ1) is 30.5. The van der Waals surface area contributed by atoms with Gasteiger partial charge in [0.05, 0.1) is 15.9 Å². The number of benzene rings is 1. The molecule has 0 amide bonds. The molecule has 0 aliphatic heterocycles. The molecule has 0 radical (unpaired) electrons. The SMILES string of the molecule is C=CCCC(=O)/C(=C\[C@@H](C(C)C)[C@@H](O[Si](CC)(CC)CC)C(C)C)[S@@](=O)(=NC)c1ccccc1. The molecule has 1 aromatic rings. The molecule has 192 valence electrons. The number of allylic oxidation sites excluding steroid dienone is 2. The molecule has 0 fully saturated rings.